The van der Waals surface area contributed by atoms with Crippen molar-refractivity contribution in [3.05, 3.63) is 158 Å². The van der Waals surface area contributed by atoms with Gasteiger partial charge in [0.25, 0.3) is 11.6 Å². The highest BCUT2D eigenvalue weighted by Crippen LogP contribution is 2.35. The Bertz CT molecular complexity index is 1860. The van der Waals surface area contributed by atoms with Crippen LogP contribution in [0.4, 0.5) is 11.4 Å². The van der Waals surface area contributed by atoms with E-state index in [0.717, 1.165) is 34.8 Å². The van der Waals surface area contributed by atoms with E-state index in [-0.39, 0.29) is 5.75 Å². The number of benzene rings is 4. The van der Waals surface area contributed by atoms with E-state index >= 15 is 0 Å². The third-order valence-corrected chi connectivity index (χ3v) is 7.22. The van der Waals surface area contributed by atoms with Crippen molar-refractivity contribution in [2.45, 2.75) is 19.4 Å². The van der Waals surface area contributed by atoms with Crippen LogP contribution in [0.3, 0.4) is 0 Å². The summed E-state index contributed by atoms with van der Waals surface area (Å²) < 4.78 is 7.62. The van der Waals surface area contributed by atoms with Crippen LogP contribution in [0, 0.1) is 34.1 Å². The Labute approximate surface area is 257 Å². The van der Waals surface area contributed by atoms with Crippen LogP contribution < -0.4 is 10.2 Å². The average molecular weight is 606 g/mol. The van der Waals surface area contributed by atoms with Gasteiger partial charge in [0.05, 0.1) is 22.1 Å². The van der Waals surface area contributed by atoms with Gasteiger partial charge in [0.15, 0.2) is 5.60 Å². The van der Waals surface area contributed by atoms with Crippen molar-refractivity contribution in [3.8, 4) is 17.2 Å². The molecule has 0 aliphatic carbocycles. The summed E-state index contributed by atoms with van der Waals surface area (Å²) in [7, 11) is 0. The summed E-state index contributed by atoms with van der Waals surface area (Å²) in [6, 6.07) is 29.1. The van der Waals surface area contributed by atoms with Gasteiger partial charge in [0, 0.05) is 28.7 Å². The number of nitrogens with one attached hydrogen (secondary N) is 1. The fourth-order valence-electron chi connectivity index (χ4n) is 4.98. The van der Waals surface area contributed by atoms with Crippen molar-refractivity contribution in [1.29, 1.82) is 0 Å². The largest absolute Gasteiger partial charge is 0.450 e. The Hall–Kier alpha value is -6.14. The van der Waals surface area contributed by atoms with Crippen molar-refractivity contribution in [2.75, 3.05) is 0 Å². The number of hydrazone groups is 1. The molecule has 12 heteroatoms. The molecule has 0 aliphatic rings. The van der Waals surface area contributed by atoms with Gasteiger partial charge in [-0.3, -0.25) is 25.0 Å². The number of carbonyl (C=O) groups is 1. The molecule has 4 aromatic carbocycles. The number of aryl methyl sites for hydroxylation is 1. The lowest BCUT2D eigenvalue weighted by Crippen LogP contribution is -2.43. The zero-order chi connectivity index (χ0) is 32.1. The van der Waals surface area contributed by atoms with Crippen molar-refractivity contribution < 1.29 is 24.5 Å². The van der Waals surface area contributed by atoms with Crippen molar-refractivity contribution in [1.82, 2.24) is 9.99 Å². The van der Waals surface area contributed by atoms with E-state index in [4.69, 9.17) is 4.74 Å². The number of ether oxygens (including phenoxy) is 1. The molecular formula is C33H27N5O7. The molecule has 0 atom stereocenters. The number of nitro benzene ring substituents is 2. The number of aromatic nitrogens is 1. The number of aliphatic hydroxyl groups is 1. The van der Waals surface area contributed by atoms with Gasteiger partial charge in [0.1, 0.15) is 5.75 Å². The lowest BCUT2D eigenvalue weighted by molar-refractivity contribution is -0.394. The van der Waals surface area contributed by atoms with Gasteiger partial charge in [-0.1, -0.05) is 60.7 Å². The number of hydrogen-bond acceptors (Lipinski definition) is 8. The molecule has 2 N–H and O–H groups in total. The molecule has 0 aliphatic heterocycles. The van der Waals surface area contributed by atoms with E-state index in [1.54, 1.807) is 84.9 Å². The minimum absolute atomic E-state index is 0.126. The fourth-order valence-corrected chi connectivity index (χ4v) is 4.98. The molecular weight excluding hydrogens is 578 g/mol. The van der Waals surface area contributed by atoms with Crippen LogP contribution in [-0.4, -0.2) is 31.6 Å². The lowest BCUT2D eigenvalue weighted by atomic mass is 9.85. The highest BCUT2D eigenvalue weighted by Gasteiger charge is 2.39. The van der Waals surface area contributed by atoms with Crippen LogP contribution >= 0.6 is 0 Å². The number of carbonyl (C=O) groups excluding carboxylic acids is 1. The molecule has 5 aromatic rings. The first-order chi connectivity index (χ1) is 21.6. The van der Waals surface area contributed by atoms with Crippen LogP contribution in [0.25, 0.3) is 5.69 Å². The van der Waals surface area contributed by atoms with Crippen molar-refractivity contribution in [3.63, 3.8) is 0 Å². The summed E-state index contributed by atoms with van der Waals surface area (Å²) in [4.78, 5) is 34.4. The number of non-ortho nitro benzene ring substituents is 1. The summed E-state index contributed by atoms with van der Waals surface area (Å²) in [6.45, 7) is 3.78. The van der Waals surface area contributed by atoms with Gasteiger partial charge in [-0.05, 0) is 61.4 Å². The first-order valence-electron chi connectivity index (χ1n) is 13.7. The predicted molar refractivity (Wildman–Crippen MR) is 167 cm³/mol. The highest BCUT2D eigenvalue weighted by atomic mass is 16.6. The summed E-state index contributed by atoms with van der Waals surface area (Å²) in [5.41, 5.74) is 3.55. The number of nitro groups is 2. The topological polar surface area (TPSA) is 162 Å². The van der Waals surface area contributed by atoms with E-state index in [1.165, 1.54) is 12.3 Å². The van der Waals surface area contributed by atoms with Crippen LogP contribution in [0.1, 0.15) is 28.1 Å². The molecule has 0 fully saturated rings. The summed E-state index contributed by atoms with van der Waals surface area (Å²) in [5.74, 6) is -0.542. The molecule has 1 amide bonds. The Kier molecular flexibility index (Phi) is 8.50. The van der Waals surface area contributed by atoms with E-state index in [0.29, 0.717) is 16.9 Å². The van der Waals surface area contributed by atoms with Crippen LogP contribution in [0.5, 0.6) is 11.5 Å². The third kappa shape index (κ3) is 6.17. The standard InChI is InChI=1S/C33H27N5O7/c1-22-19-24(21-34-35-32(39)33(40,25-9-5-3-6-10-25)26-11-7-4-8-12-26)23(2)36(22)27-13-16-29(17-14-27)45-31-18-15-28(37(41)42)20-30(31)38(43)44/h3-21,40H,1-2H3,(H,35,39)/b34-21-. The second-order valence-corrected chi connectivity index (χ2v) is 10.1. The molecule has 45 heavy (non-hydrogen) atoms. The summed E-state index contributed by atoms with van der Waals surface area (Å²) >= 11 is 0. The molecule has 0 saturated carbocycles. The summed E-state index contributed by atoms with van der Waals surface area (Å²) in [6.07, 6.45) is 1.50. The Morgan fingerprint density at radius 1 is 0.867 bits per heavy atom. The molecule has 12 nitrogen and oxygen atoms in total. The van der Waals surface area contributed by atoms with Crippen molar-refractivity contribution >= 4 is 23.5 Å². The number of nitrogens with zero attached hydrogens (tertiary/aromatic N) is 4. The molecule has 1 aromatic heterocycles. The molecule has 0 saturated heterocycles. The number of rotatable bonds is 10. The highest BCUT2D eigenvalue weighted by molar-refractivity contribution is 5.91. The maximum atomic E-state index is 13.3. The second kappa shape index (κ2) is 12.6. The van der Waals surface area contributed by atoms with Gasteiger partial charge in [0.2, 0.25) is 5.75 Å². The normalized spacial score (nSPS) is 11.4. The molecule has 0 unspecified atom stereocenters. The monoisotopic (exact) mass is 605 g/mol. The third-order valence-electron chi connectivity index (χ3n) is 7.22. The second-order valence-electron chi connectivity index (χ2n) is 10.1. The van der Waals surface area contributed by atoms with Gasteiger partial charge in [-0.2, -0.15) is 5.10 Å². The molecule has 5 rings (SSSR count). The average Bonchev–Trinajstić information content (AvgIpc) is 3.33. The SMILES string of the molecule is Cc1cc(/C=N\NC(=O)C(O)(c2ccccc2)c2ccccc2)c(C)n1-c1ccc(Oc2ccc([N+](=O)[O-])cc2[N+](=O)[O-])cc1. The van der Waals surface area contributed by atoms with E-state index in [2.05, 4.69) is 10.5 Å². The van der Waals surface area contributed by atoms with Gasteiger partial charge in [-0.25, -0.2) is 5.43 Å². The number of amides is 1. The van der Waals surface area contributed by atoms with Crippen LogP contribution in [0.15, 0.2) is 114 Å². The molecule has 0 bridgehead atoms. The molecule has 0 spiro atoms. The molecule has 0 radical (unpaired) electrons. The maximum absolute atomic E-state index is 13.3. The van der Waals surface area contributed by atoms with Crippen LogP contribution in [-0.2, 0) is 10.4 Å². The van der Waals surface area contributed by atoms with Gasteiger partial charge < -0.3 is 14.4 Å². The maximum Gasteiger partial charge on any atom is 0.318 e. The van der Waals surface area contributed by atoms with Crippen LogP contribution in [0.2, 0.25) is 0 Å². The minimum Gasteiger partial charge on any atom is -0.450 e. The van der Waals surface area contributed by atoms with E-state index < -0.39 is 32.7 Å². The Balaban J connectivity index is 1.34. The Morgan fingerprint density at radius 2 is 1.47 bits per heavy atom. The summed E-state index contributed by atoms with van der Waals surface area (Å²) in [5, 5.41) is 38.2. The fraction of sp³-hybridized carbons (Fsp3) is 0.0909. The zero-order valence-corrected chi connectivity index (χ0v) is 24.2. The molecule has 226 valence electrons. The van der Waals surface area contributed by atoms with Gasteiger partial charge >= 0.3 is 5.69 Å². The predicted octanol–water partition coefficient (Wildman–Crippen LogP) is 6.09. The quantitative estimate of drug-likeness (QED) is 0.111. The minimum atomic E-state index is -1.96. The number of hydrogen-bond donors (Lipinski definition) is 2. The zero-order valence-electron chi connectivity index (χ0n) is 24.2. The van der Waals surface area contributed by atoms with Gasteiger partial charge in [-0.15, -0.1) is 0 Å². The Morgan fingerprint density at radius 3 is 2.02 bits per heavy atom. The van der Waals surface area contributed by atoms with Crippen molar-refractivity contribution in [2.24, 2.45) is 5.10 Å². The first-order valence-corrected chi connectivity index (χ1v) is 13.7. The molecule has 1 heterocycles. The smallest absolute Gasteiger partial charge is 0.318 e. The first kappa shape index (κ1) is 30.3. The van der Waals surface area contributed by atoms with E-state index in [1.807, 2.05) is 24.5 Å². The van der Waals surface area contributed by atoms with E-state index in [9.17, 15) is 30.1 Å². The lowest BCUT2D eigenvalue weighted by Gasteiger charge is -2.27.